The molecule has 0 saturated heterocycles. The van der Waals surface area contributed by atoms with Gasteiger partial charge in [-0.05, 0) is 31.2 Å². The SMILES string of the molecule is C/C(C=O)=N\Nc1ccc(F)cc1. The van der Waals surface area contributed by atoms with E-state index in [1.54, 1.807) is 6.92 Å². The predicted octanol–water partition coefficient (Wildman–Crippen LogP) is 1.81. The van der Waals surface area contributed by atoms with E-state index in [4.69, 9.17) is 0 Å². The summed E-state index contributed by atoms with van der Waals surface area (Å²) < 4.78 is 12.4. The maximum atomic E-state index is 12.4. The maximum absolute atomic E-state index is 12.4. The van der Waals surface area contributed by atoms with Crippen LogP contribution in [0.15, 0.2) is 29.4 Å². The van der Waals surface area contributed by atoms with Crippen molar-refractivity contribution < 1.29 is 9.18 Å². The molecule has 0 atom stereocenters. The molecule has 0 unspecified atom stereocenters. The first-order chi connectivity index (χ1) is 6.22. The van der Waals surface area contributed by atoms with Crippen molar-refractivity contribution in [3.63, 3.8) is 0 Å². The molecule has 0 heterocycles. The van der Waals surface area contributed by atoms with Gasteiger partial charge in [0.15, 0.2) is 6.29 Å². The van der Waals surface area contributed by atoms with Gasteiger partial charge >= 0.3 is 0 Å². The van der Waals surface area contributed by atoms with Crippen molar-refractivity contribution in [2.75, 3.05) is 5.43 Å². The molecule has 1 aromatic rings. The van der Waals surface area contributed by atoms with E-state index in [0.29, 0.717) is 17.7 Å². The molecule has 1 N–H and O–H groups in total. The summed E-state index contributed by atoms with van der Waals surface area (Å²) in [7, 11) is 0. The number of hydrazone groups is 1. The normalized spacial score (nSPS) is 11.1. The van der Waals surface area contributed by atoms with Crippen molar-refractivity contribution in [2.45, 2.75) is 6.92 Å². The van der Waals surface area contributed by atoms with Crippen molar-refractivity contribution in [2.24, 2.45) is 5.10 Å². The molecule has 1 rings (SSSR count). The molecule has 0 aliphatic carbocycles. The second kappa shape index (κ2) is 4.35. The van der Waals surface area contributed by atoms with Crippen LogP contribution in [0, 0.1) is 5.82 Å². The van der Waals surface area contributed by atoms with Crippen molar-refractivity contribution in [3.8, 4) is 0 Å². The third-order valence-corrected chi connectivity index (χ3v) is 1.38. The lowest BCUT2D eigenvalue weighted by Crippen LogP contribution is -1.97. The summed E-state index contributed by atoms with van der Waals surface area (Å²) in [4.78, 5) is 10.1. The third-order valence-electron chi connectivity index (χ3n) is 1.38. The van der Waals surface area contributed by atoms with Gasteiger partial charge in [0.25, 0.3) is 0 Å². The highest BCUT2D eigenvalue weighted by Gasteiger charge is 1.91. The quantitative estimate of drug-likeness (QED) is 0.438. The van der Waals surface area contributed by atoms with Crippen LogP contribution in [0.4, 0.5) is 10.1 Å². The van der Waals surface area contributed by atoms with Crippen molar-refractivity contribution >= 4 is 17.7 Å². The van der Waals surface area contributed by atoms with Crippen LogP contribution in [0.2, 0.25) is 0 Å². The molecular weight excluding hydrogens is 171 g/mol. The summed E-state index contributed by atoms with van der Waals surface area (Å²) in [6.07, 6.45) is 0.635. The number of rotatable bonds is 3. The largest absolute Gasteiger partial charge is 0.296 e. The van der Waals surface area contributed by atoms with Crippen molar-refractivity contribution in [1.82, 2.24) is 0 Å². The number of aldehydes is 1. The number of anilines is 1. The second-order valence-electron chi connectivity index (χ2n) is 2.49. The number of hydrogen-bond acceptors (Lipinski definition) is 3. The highest BCUT2D eigenvalue weighted by molar-refractivity contribution is 6.27. The van der Waals surface area contributed by atoms with Gasteiger partial charge in [-0.1, -0.05) is 0 Å². The zero-order valence-electron chi connectivity index (χ0n) is 7.12. The monoisotopic (exact) mass is 180 g/mol. The van der Waals surface area contributed by atoms with E-state index in [0.717, 1.165) is 0 Å². The van der Waals surface area contributed by atoms with E-state index < -0.39 is 0 Å². The maximum Gasteiger partial charge on any atom is 0.165 e. The van der Waals surface area contributed by atoms with Crippen molar-refractivity contribution in [1.29, 1.82) is 0 Å². The van der Waals surface area contributed by atoms with E-state index in [1.165, 1.54) is 24.3 Å². The fourth-order valence-electron chi connectivity index (χ4n) is 0.704. The first-order valence-corrected chi connectivity index (χ1v) is 3.73. The standard InChI is InChI=1S/C9H9FN2O/c1-7(6-13)11-12-9-4-2-8(10)3-5-9/h2-6,12H,1H3/b11-7+. The van der Waals surface area contributed by atoms with E-state index in [1.807, 2.05) is 0 Å². The van der Waals surface area contributed by atoms with Crippen LogP contribution in [0.5, 0.6) is 0 Å². The van der Waals surface area contributed by atoms with Gasteiger partial charge in [-0.2, -0.15) is 5.10 Å². The van der Waals surface area contributed by atoms with Gasteiger partial charge in [0.05, 0.1) is 11.4 Å². The summed E-state index contributed by atoms with van der Waals surface area (Å²) in [5.41, 5.74) is 3.59. The van der Waals surface area contributed by atoms with E-state index in [9.17, 15) is 9.18 Å². The molecule has 13 heavy (non-hydrogen) atoms. The molecule has 0 aromatic heterocycles. The minimum absolute atomic E-state index is 0.304. The van der Waals surface area contributed by atoms with Gasteiger partial charge in [0, 0.05) is 0 Å². The Labute approximate surface area is 75.3 Å². The zero-order chi connectivity index (χ0) is 9.68. The smallest absolute Gasteiger partial charge is 0.165 e. The van der Waals surface area contributed by atoms with Crippen LogP contribution in [-0.2, 0) is 4.79 Å². The number of halogens is 1. The lowest BCUT2D eigenvalue weighted by Gasteiger charge is -1.98. The molecule has 0 spiro atoms. The molecular formula is C9H9FN2O. The molecule has 0 fully saturated rings. The van der Waals surface area contributed by atoms with Gasteiger partial charge < -0.3 is 0 Å². The Morgan fingerprint density at radius 3 is 2.62 bits per heavy atom. The van der Waals surface area contributed by atoms with Gasteiger partial charge in [-0.25, -0.2) is 4.39 Å². The number of benzene rings is 1. The van der Waals surface area contributed by atoms with Crippen LogP contribution in [0.25, 0.3) is 0 Å². The number of nitrogens with one attached hydrogen (secondary N) is 1. The van der Waals surface area contributed by atoms with Crippen LogP contribution in [0.3, 0.4) is 0 Å². The Balaban J connectivity index is 2.65. The van der Waals surface area contributed by atoms with Crippen LogP contribution >= 0.6 is 0 Å². The van der Waals surface area contributed by atoms with Crippen LogP contribution in [-0.4, -0.2) is 12.0 Å². The Morgan fingerprint density at radius 2 is 2.08 bits per heavy atom. The number of hydrogen-bond donors (Lipinski definition) is 1. The minimum atomic E-state index is -0.304. The number of nitrogens with zero attached hydrogens (tertiary/aromatic N) is 1. The number of carbonyl (C=O) groups is 1. The Bertz CT molecular complexity index is 319. The van der Waals surface area contributed by atoms with E-state index >= 15 is 0 Å². The zero-order valence-corrected chi connectivity index (χ0v) is 7.12. The molecule has 3 nitrogen and oxygen atoms in total. The molecule has 4 heteroatoms. The highest BCUT2D eigenvalue weighted by Crippen LogP contribution is 2.07. The highest BCUT2D eigenvalue weighted by atomic mass is 19.1. The summed E-state index contributed by atoms with van der Waals surface area (Å²) >= 11 is 0. The first-order valence-electron chi connectivity index (χ1n) is 3.73. The molecule has 0 amide bonds. The van der Waals surface area contributed by atoms with Gasteiger partial charge in [-0.15, -0.1) is 0 Å². The topological polar surface area (TPSA) is 41.5 Å². The van der Waals surface area contributed by atoms with E-state index in [2.05, 4.69) is 10.5 Å². The van der Waals surface area contributed by atoms with Gasteiger partial charge in [-0.3, -0.25) is 10.2 Å². The molecule has 0 aliphatic heterocycles. The summed E-state index contributed by atoms with van der Waals surface area (Å²) in [5, 5.41) is 3.72. The van der Waals surface area contributed by atoms with Gasteiger partial charge in [0.2, 0.25) is 0 Å². The number of carbonyl (C=O) groups excluding carboxylic acids is 1. The summed E-state index contributed by atoms with van der Waals surface area (Å²) in [6, 6.07) is 5.70. The molecule has 0 bridgehead atoms. The molecule has 0 saturated carbocycles. The summed E-state index contributed by atoms with van der Waals surface area (Å²) in [6.45, 7) is 1.57. The predicted molar refractivity (Wildman–Crippen MR) is 49.2 cm³/mol. The minimum Gasteiger partial charge on any atom is -0.296 e. The third kappa shape index (κ3) is 3.02. The van der Waals surface area contributed by atoms with Crippen LogP contribution in [0.1, 0.15) is 6.92 Å². The second-order valence-corrected chi connectivity index (χ2v) is 2.49. The molecule has 0 aliphatic rings. The lowest BCUT2D eigenvalue weighted by atomic mass is 10.3. The Kier molecular flexibility index (Phi) is 3.14. The molecule has 0 radical (unpaired) electrons. The Morgan fingerprint density at radius 1 is 1.46 bits per heavy atom. The fraction of sp³-hybridized carbons (Fsp3) is 0.111. The average Bonchev–Trinajstić information content (AvgIpc) is 2.16. The van der Waals surface area contributed by atoms with Gasteiger partial charge in [0.1, 0.15) is 5.82 Å². The van der Waals surface area contributed by atoms with Crippen LogP contribution < -0.4 is 5.43 Å². The van der Waals surface area contributed by atoms with Crippen molar-refractivity contribution in [3.05, 3.63) is 30.1 Å². The van der Waals surface area contributed by atoms with E-state index in [-0.39, 0.29) is 5.82 Å². The molecule has 1 aromatic carbocycles. The molecule has 68 valence electrons. The average molecular weight is 180 g/mol. The Hall–Kier alpha value is -1.71. The summed E-state index contributed by atoms with van der Waals surface area (Å²) in [5.74, 6) is -0.304. The lowest BCUT2D eigenvalue weighted by molar-refractivity contribution is -0.102. The fourth-order valence-corrected chi connectivity index (χ4v) is 0.704. The first kappa shape index (κ1) is 9.38.